The Bertz CT molecular complexity index is 650. The van der Waals surface area contributed by atoms with Crippen LogP contribution in [0.4, 0.5) is 8.78 Å². The maximum absolute atomic E-state index is 14.4. The topological polar surface area (TPSA) is 27.7 Å². The van der Waals surface area contributed by atoms with Crippen molar-refractivity contribution in [2.24, 2.45) is 11.8 Å². The Morgan fingerprint density at radius 2 is 1.71 bits per heavy atom. The molecule has 0 radical (unpaired) electrons. The summed E-state index contributed by atoms with van der Waals surface area (Å²) in [5.41, 5.74) is 0.230. The zero-order valence-corrected chi connectivity index (χ0v) is 19.3. The Morgan fingerprint density at radius 1 is 0.935 bits per heavy atom. The van der Waals surface area contributed by atoms with Crippen molar-refractivity contribution < 1.29 is 23.0 Å². The minimum atomic E-state index is -0.924. The Balaban J connectivity index is 1.39. The lowest BCUT2D eigenvalue weighted by molar-refractivity contribution is -0.112. The SMILES string of the molecule is CCCCOc1ccc(COC2CCC(C3CCC(CCCC)CC3)OC2)c(F)c1F. The van der Waals surface area contributed by atoms with Gasteiger partial charge in [-0.1, -0.05) is 52.4 Å². The van der Waals surface area contributed by atoms with Crippen molar-refractivity contribution in [2.75, 3.05) is 13.2 Å². The highest BCUT2D eigenvalue weighted by atomic mass is 19.2. The van der Waals surface area contributed by atoms with Crippen LogP contribution in [0, 0.1) is 23.5 Å². The van der Waals surface area contributed by atoms with Crippen LogP contribution in [-0.4, -0.2) is 25.4 Å². The number of rotatable bonds is 11. The van der Waals surface area contributed by atoms with Crippen LogP contribution in [0.2, 0.25) is 0 Å². The summed E-state index contributed by atoms with van der Waals surface area (Å²) in [6, 6.07) is 3.06. The molecule has 31 heavy (non-hydrogen) atoms. The predicted molar refractivity (Wildman–Crippen MR) is 119 cm³/mol. The lowest BCUT2D eigenvalue weighted by Gasteiger charge is -2.37. The highest BCUT2D eigenvalue weighted by Gasteiger charge is 2.32. The Labute approximate surface area is 186 Å². The first kappa shape index (κ1) is 24.4. The largest absolute Gasteiger partial charge is 0.490 e. The molecule has 176 valence electrons. The van der Waals surface area contributed by atoms with Gasteiger partial charge in [0, 0.05) is 5.56 Å². The molecule has 5 heteroatoms. The third-order valence-electron chi connectivity index (χ3n) is 7.01. The molecule has 1 heterocycles. The van der Waals surface area contributed by atoms with Gasteiger partial charge in [0.05, 0.1) is 32.0 Å². The van der Waals surface area contributed by atoms with Crippen molar-refractivity contribution >= 4 is 0 Å². The van der Waals surface area contributed by atoms with Crippen molar-refractivity contribution in [3.63, 3.8) is 0 Å². The fourth-order valence-corrected chi connectivity index (χ4v) is 4.92. The fourth-order valence-electron chi connectivity index (χ4n) is 4.92. The monoisotopic (exact) mass is 438 g/mol. The summed E-state index contributed by atoms with van der Waals surface area (Å²) in [4.78, 5) is 0. The molecule has 1 aliphatic carbocycles. The molecule has 0 aromatic heterocycles. The van der Waals surface area contributed by atoms with Gasteiger partial charge in [0.15, 0.2) is 11.6 Å². The highest BCUT2D eigenvalue weighted by molar-refractivity contribution is 5.30. The molecule has 0 N–H and O–H groups in total. The van der Waals surface area contributed by atoms with E-state index >= 15 is 0 Å². The molecule has 2 fully saturated rings. The van der Waals surface area contributed by atoms with Gasteiger partial charge in [-0.25, -0.2) is 4.39 Å². The van der Waals surface area contributed by atoms with Crippen LogP contribution >= 0.6 is 0 Å². The number of hydrogen-bond donors (Lipinski definition) is 0. The third kappa shape index (κ3) is 7.15. The number of benzene rings is 1. The predicted octanol–water partition coefficient (Wildman–Crippen LogP) is 7.20. The summed E-state index contributed by atoms with van der Waals surface area (Å²) in [6.07, 6.45) is 13.2. The molecular weight excluding hydrogens is 398 g/mol. The summed E-state index contributed by atoms with van der Waals surface area (Å²) in [7, 11) is 0. The number of unbranched alkanes of at least 4 members (excludes halogenated alkanes) is 2. The van der Waals surface area contributed by atoms with E-state index < -0.39 is 11.6 Å². The summed E-state index contributed by atoms with van der Waals surface area (Å²) < 4.78 is 45.9. The third-order valence-corrected chi connectivity index (χ3v) is 7.01. The molecular formula is C26H40F2O3. The van der Waals surface area contributed by atoms with Gasteiger partial charge in [-0.2, -0.15) is 4.39 Å². The van der Waals surface area contributed by atoms with Gasteiger partial charge < -0.3 is 14.2 Å². The maximum atomic E-state index is 14.4. The zero-order valence-electron chi connectivity index (χ0n) is 19.3. The van der Waals surface area contributed by atoms with Gasteiger partial charge in [-0.3, -0.25) is 0 Å². The summed E-state index contributed by atoms with van der Waals surface area (Å²) in [5, 5.41) is 0. The average Bonchev–Trinajstić information content (AvgIpc) is 2.81. The highest BCUT2D eigenvalue weighted by Crippen LogP contribution is 2.37. The molecule has 2 atom stereocenters. The van der Waals surface area contributed by atoms with E-state index in [2.05, 4.69) is 6.92 Å². The van der Waals surface area contributed by atoms with Crippen LogP contribution in [0.1, 0.15) is 90.0 Å². The normalized spacial score (nSPS) is 26.7. The van der Waals surface area contributed by atoms with Crippen LogP contribution < -0.4 is 4.74 Å². The van der Waals surface area contributed by atoms with E-state index in [1.54, 1.807) is 6.07 Å². The lowest BCUT2D eigenvalue weighted by Crippen LogP contribution is -2.37. The van der Waals surface area contributed by atoms with Crippen molar-refractivity contribution in [3.05, 3.63) is 29.3 Å². The fraction of sp³-hybridized carbons (Fsp3) is 0.769. The smallest absolute Gasteiger partial charge is 0.200 e. The Hall–Kier alpha value is -1.20. The van der Waals surface area contributed by atoms with Crippen molar-refractivity contribution in [2.45, 2.75) is 103 Å². The maximum Gasteiger partial charge on any atom is 0.200 e. The van der Waals surface area contributed by atoms with E-state index in [9.17, 15) is 8.78 Å². The minimum absolute atomic E-state index is 0.0250. The van der Waals surface area contributed by atoms with E-state index in [1.807, 2.05) is 6.92 Å². The first-order valence-corrected chi connectivity index (χ1v) is 12.4. The molecule has 0 amide bonds. The van der Waals surface area contributed by atoms with Crippen LogP contribution in [0.3, 0.4) is 0 Å². The van der Waals surface area contributed by atoms with Gasteiger partial charge in [0.25, 0.3) is 0 Å². The van der Waals surface area contributed by atoms with Crippen molar-refractivity contribution in [1.82, 2.24) is 0 Å². The van der Waals surface area contributed by atoms with Gasteiger partial charge in [0.2, 0.25) is 5.82 Å². The molecule has 1 aliphatic heterocycles. The van der Waals surface area contributed by atoms with Gasteiger partial charge >= 0.3 is 0 Å². The number of hydrogen-bond acceptors (Lipinski definition) is 3. The van der Waals surface area contributed by atoms with E-state index in [-0.39, 0.29) is 24.0 Å². The lowest BCUT2D eigenvalue weighted by atomic mass is 9.76. The summed E-state index contributed by atoms with van der Waals surface area (Å²) in [5.74, 6) is -0.238. The molecule has 3 nitrogen and oxygen atoms in total. The number of halogens is 2. The van der Waals surface area contributed by atoms with Gasteiger partial charge in [-0.05, 0) is 56.1 Å². The van der Waals surface area contributed by atoms with E-state index in [1.165, 1.54) is 51.0 Å². The van der Waals surface area contributed by atoms with Crippen molar-refractivity contribution in [3.8, 4) is 5.75 Å². The van der Waals surface area contributed by atoms with E-state index in [0.29, 0.717) is 25.2 Å². The first-order valence-electron chi connectivity index (χ1n) is 12.4. The van der Waals surface area contributed by atoms with Crippen LogP contribution in [0.5, 0.6) is 5.75 Å². The molecule has 0 bridgehead atoms. The van der Waals surface area contributed by atoms with Gasteiger partial charge in [0.1, 0.15) is 0 Å². The van der Waals surface area contributed by atoms with Crippen LogP contribution in [0.25, 0.3) is 0 Å². The second-order valence-electron chi connectivity index (χ2n) is 9.36. The van der Waals surface area contributed by atoms with Gasteiger partial charge in [-0.15, -0.1) is 0 Å². The molecule has 3 rings (SSSR count). The van der Waals surface area contributed by atoms with E-state index in [4.69, 9.17) is 14.2 Å². The minimum Gasteiger partial charge on any atom is -0.490 e. The number of ether oxygens (including phenoxy) is 3. The molecule has 1 saturated carbocycles. The second-order valence-corrected chi connectivity index (χ2v) is 9.36. The second kappa shape index (κ2) is 12.7. The van der Waals surface area contributed by atoms with Crippen LogP contribution in [-0.2, 0) is 16.1 Å². The van der Waals surface area contributed by atoms with Crippen molar-refractivity contribution in [1.29, 1.82) is 0 Å². The first-order chi connectivity index (χ1) is 15.1. The molecule has 0 spiro atoms. The molecule has 1 aromatic carbocycles. The standard InChI is InChI=1S/C26H40F2O3/c1-3-5-7-19-8-10-20(11-9-19)23-15-13-22(18-31-23)30-17-21-12-14-24(26(28)25(21)27)29-16-6-4-2/h12,14,19-20,22-23H,3-11,13,15-18H2,1-2H3. The molecule has 2 aliphatic rings. The summed E-state index contributed by atoms with van der Waals surface area (Å²) >= 11 is 0. The average molecular weight is 439 g/mol. The van der Waals surface area contributed by atoms with Crippen LogP contribution in [0.15, 0.2) is 12.1 Å². The molecule has 1 saturated heterocycles. The quantitative estimate of drug-likeness (QED) is 0.342. The Morgan fingerprint density at radius 3 is 2.39 bits per heavy atom. The molecule has 2 unspecified atom stereocenters. The zero-order chi connectivity index (χ0) is 22.1. The molecule has 1 aromatic rings. The van der Waals surface area contributed by atoms with E-state index in [0.717, 1.165) is 31.6 Å². The Kier molecular flexibility index (Phi) is 10.0. The summed E-state index contributed by atoms with van der Waals surface area (Å²) in [6.45, 7) is 5.28.